The van der Waals surface area contributed by atoms with Crippen LogP contribution >= 0.6 is 0 Å². The Kier molecular flexibility index (Phi) is 6.50. The number of ether oxygens (including phenoxy) is 1. The molecule has 35 heavy (non-hydrogen) atoms. The largest absolute Gasteiger partial charge is 0.481 e. The number of amides is 2. The Labute approximate surface area is 205 Å². The predicted molar refractivity (Wildman–Crippen MR) is 131 cm³/mol. The minimum absolute atomic E-state index is 0.0131. The number of carbonyl (C=O) groups excluding carboxylic acids is 2. The minimum atomic E-state index is -0.743. The van der Waals surface area contributed by atoms with E-state index in [1.54, 1.807) is 4.90 Å². The summed E-state index contributed by atoms with van der Waals surface area (Å²) in [5, 5.41) is 12.4. The van der Waals surface area contributed by atoms with Gasteiger partial charge in [0.05, 0.1) is 5.92 Å². The van der Waals surface area contributed by atoms with E-state index in [9.17, 15) is 19.5 Å². The van der Waals surface area contributed by atoms with Crippen LogP contribution in [0.15, 0.2) is 48.5 Å². The molecule has 1 saturated heterocycles. The van der Waals surface area contributed by atoms with Gasteiger partial charge < -0.3 is 20.1 Å². The monoisotopic (exact) mass is 476 g/mol. The summed E-state index contributed by atoms with van der Waals surface area (Å²) in [4.78, 5) is 39.0. The van der Waals surface area contributed by atoms with Crippen LogP contribution in [0.1, 0.15) is 49.7 Å². The lowest BCUT2D eigenvalue weighted by Crippen LogP contribution is -2.49. The fraction of sp³-hybridized carbons (Fsp3) is 0.464. The Bertz CT molecular complexity index is 1070. The fourth-order valence-corrected chi connectivity index (χ4v) is 6.27. The van der Waals surface area contributed by atoms with Crippen LogP contribution in [0, 0.1) is 17.8 Å². The average Bonchev–Trinajstić information content (AvgIpc) is 3.33. The summed E-state index contributed by atoms with van der Waals surface area (Å²) in [6.07, 6.45) is 2.00. The van der Waals surface area contributed by atoms with Crippen molar-refractivity contribution in [1.82, 2.24) is 10.2 Å². The van der Waals surface area contributed by atoms with E-state index in [1.807, 2.05) is 31.2 Å². The van der Waals surface area contributed by atoms with Crippen LogP contribution in [0.4, 0.5) is 4.79 Å². The lowest BCUT2D eigenvalue weighted by atomic mass is 9.85. The molecule has 0 radical (unpaired) electrons. The number of carboxylic acids is 1. The Morgan fingerprint density at radius 2 is 1.57 bits per heavy atom. The van der Waals surface area contributed by atoms with Crippen LogP contribution < -0.4 is 5.32 Å². The van der Waals surface area contributed by atoms with Crippen molar-refractivity contribution in [3.8, 4) is 11.1 Å². The number of fused-ring (bicyclic) bond motifs is 5. The number of carboxylic acid groups (broad SMARTS) is 1. The predicted octanol–water partition coefficient (Wildman–Crippen LogP) is 4.26. The number of carbonyl (C=O) groups is 3. The molecule has 2 amide bonds. The first-order valence-electron chi connectivity index (χ1n) is 12.6. The Balaban J connectivity index is 1.16. The second-order valence-electron chi connectivity index (χ2n) is 10.0. The number of benzene rings is 2. The highest BCUT2D eigenvalue weighted by molar-refractivity contribution is 5.80. The summed E-state index contributed by atoms with van der Waals surface area (Å²) in [7, 11) is 0. The molecule has 1 heterocycles. The van der Waals surface area contributed by atoms with Gasteiger partial charge in [-0.05, 0) is 53.4 Å². The van der Waals surface area contributed by atoms with E-state index in [0.717, 1.165) is 24.0 Å². The van der Waals surface area contributed by atoms with E-state index in [-0.39, 0.29) is 48.6 Å². The smallest absolute Gasteiger partial charge is 0.407 e. The first-order chi connectivity index (χ1) is 17.0. The molecule has 2 bridgehead atoms. The number of hydrogen-bond donors (Lipinski definition) is 2. The Hall–Kier alpha value is -3.35. The van der Waals surface area contributed by atoms with E-state index < -0.39 is 12.1 Å². The minimum Gasteiger partial charge on any atom is -0.481 e. The maximum Gasteiger partial charge on any atom is 0.407 e. The number of nitrogens with zero attached hydrogens (tertiary/aromatic N) is 1. The van der Waals surface area contributed by atoms with Gasteiger partial charge in [0.25, 0.3) is 0 Å². The van der Waals surface area contributed by atoms with Gasteiger partial charge >= 0.3 is 12.1 Å². The zero-order chi connectivity index (χ0) is 24.5. The average molecular weight is 477 g/mol. The Morgan fingerprint density at radius 1 is 1.00 bits per heavy atom. The Morgan fingerprint density at radius 3 is 2.11 bits per heavy atom. The van der Waals surface area contributed by atoms with Crippen molar-refractivity contribution in [3.63, 3.8) is 0 Å². The van der Waals surface area contributed by atoms with Crippen LogP contribution in [-0.2, 0) is 14.3 Å². The maximum absolute atomic E-state index is 13.0. The molecule has 1 saturated carbocycles. The third-order valence-corrected chi connectivity index (χ3v) is 8.05. The highest BCUT2D eigenvalue weighted by atomic mass is 16.5. The number of alkyl carbamates (subject to hydrolysis) is 1. The third kappa shape index (κ3) is 4.51. The molecule has 0 aromatic heterocycles. The number of hydrogen-bond acceptors (Lipinski definition) is 4. The molecule has 2 N–H and O–H groups in total. The summed E-state index contributed by atoms with van der Waals surface area (Å²) < 4.78 is 5.64. The summed E-state index contributed by atoms with van der Waals surface area (Å²) in [6, 6.07) is 16.1. The summed E-state index contributed by atoms with van der Waals surface area (Å²) in [6.45, 7) is 3.15. The van der Waals surface area contributed by atoms with Crippen LogP contribution in [0.5, 0.6) is 0 Å². The lowest BCUT2D eigenvalue weighted by molar-refractivity contribution is -0.149. The summed E-state index contributed by atoms with van der Waals surface area (Å²) in [5.41, 5.74) is 4.66. The molecule has 184 valence electrons. The van der Waals surface area contributed by atoms with Gasteiger partial charge in [0.1, 0.15) is 6.61 Å². The van der Waals surface area contributed by atoms with Crippen molar-refractivity contribution in [2.24, 2.45) is 17.8 Å². The van der Waals surface area contributed by atoms with Gasteiger partial charge in [0, 0.05) is 31.5 Å². The molecule has 3 aliphatic rings. The van der Waals surface area contributed by atoms with Crippen LogP contribution in [0.3, 0.4) is 0 Å². The molecular weight excluding hydrogens is 444 g/mol. The van der Waals surface area contributed by atoms with E-state index in [2.05, 4.69) is 29.6 Å². The standard InChI is InChI=1S/C28H32N2O5/c1-2-19(13-25(31)30-14-17-11-12-18(15-30)26(17)27(32)33)29-28(34)35-16-24-22-9-5-3-7-20(22)21-8-4-6-10-23(21)24/h3-10,17-19,24,26H,2,11-16H2,1H3,(H,29,34)(H,32,33). The van der Waals surface area contributed by atoms with Gasteiger partial charge in [-0.1, -0.05) is 55.5 Å². The normalized spacial score (nSPS) is 23.3. The first-order valence-corrected chi connectivity index (χ1v) is 12.6. The molecule has 7 heteroatoms. The molecule has 2 fully saturated rings. The molecule has 7 nitrogen and oxygen atoms in total. The molecule has 1 aliphatic heterocycles. The van der Waals surface area contributed by atoms with Crippen LogP contribution in [0.2, 0.25) is 0 Å². The van der Waals surface area contributed by atoms with Gasteiger partial charge in [-0.2, -0.15) is 0 Å². The second-order valence-corrected chi connectivity index (χ2v) is 10.0. The van der Waals surface area contributed by atoms with Crippen molar-refractivity contribution in [2.75, 3.05) is 19.7 Å². The molecule has 0 spiro atoms. The SMILES string of the molecule is CCC(CC(=O)N1CC2CCC(C1)C2C(=O)O)NC(=O)OCC1c2ccccc2-c2ccccc21. The van der Waals surface area contributed by atoms with Gasteiger partial charge in [-0.25, -0.2) is 4.79 Å². The van der Waals surface area contributed by atoms with Crippen molar-refractivity contribution >= 4 is 18.0 Å². The number of aliphatic carboxylic acids is 1. The molecule has 5 rings (SSSR count). The van der Waals surface area contributed by atoms with Crippen molar-refractivity contribution in [3.05, 3.63) is 59.7 Å². The fourth-order valence-electron chi connectivity index (χ4n) is 6.27. The first kappa shape index (κ1) is 23.4. The molecule has 3 unspecified atom stereocenters. The number of nitrogens with one attached hydrogen (secondary N) is 1. The highest BCUT2D eigenvalue weighted by Gasteiger charge is 2.47. The zero-order valence-corrected chi connectivity index (χ0v) is 20.0. The van der Waals surface area contributed by atoms with E-state index in [1.165, 1.54) is 11.1 Å². The third-order valence-electron chi connectivity index (χ3n) is 8.05. The van der Waals surface area contributed by atoms with Crippen molar-refractivity contribution < 1.29 is 24.2 Å². The van der Waals surface area contributed by atoms with Gasteiger partial charge in [-0.15, -0.1) is 0 Å². The van der Waals surface area contributed by atoms with E-state index in [0.29, 0.717) is 19.5 Å². The molecule has 2 aromatic carbocycles. The van der Waals surface area contributed by atoms with Crippen LogP contribution in [0.25, 0.3) is 11.1 Å². The van der Waals surface area contributed by atoms with E-state index >= 15 is 0 Å². The maximum atomic E-state index is 13.0. The van der Waals surface area contributed by atoms with Crippen molar-refractivity contribution in [2.45, 2.75) is 44.6 Å². The highest BCUT2D eigenvalue weighted by Crippen LogP contribution is 2.44. The molecule has 3 atom stereocenters. The second kappa shape index (κ2) is 9.72. The summed E-state index contributed by atoms with van der Waals surface area (Å²) in [5.74, 6) is -1.05. The quantitative estimate of drug-likeness (QED) is 0.622. The zero-order valence-electron chi connectivity index (χ0n) is 20.0. The van der Waals surface area contributed by atoms with Gasteiger partial charge in [0.2, 0.25) is 5.91 Å². The molecular formula is C28H32N2O5. The van der Waals surface area contributed by atoms with Gasteiger partial charge in [0.15, 0.2) is 0 Å². The van der Waals surface area contributed by atoms with Crippen LogP contribution in [-0.4, -0.2) is 53.7 Å². The van der Waals surface area contributed by atoms with Gasteiger partial charge in [-0.3, -0.25) is 9.59 Å². The van der Waals surface area contributed by atoms with Crippen molar-refractivity contribution in [1.29, 1.82) is 0 Å². The van der Waals surface area contributed by atoms with E-state index in [4.69, 9.17) is 4.74 Å². The molecule has 2 aromatic rings. The number of likely N-dealkylation sites (tertiary alicyclic amines) is 1. The number of rotatable bonds is 7. The number of piperidine rings is 1. The summed E-state index contributed by atoms with van der Waals surface area (Å²) >= 11 is 0. The topological polar surface area (TPSA) is 95.9 Å². The molecule has 2 aliphatic carbocycles. The lowest BCUT2D eigenvalue weighted by Gasteiger charge is -2.36.